The Morgan fingerprint density at radius 3 is 2.89 bits per heavy atom. The van der Waals surface area contributed by atoms with E-state index in [0.717, 1.165) is 32.1 Å². The van der Waals surface area contributed by atoms with E-state index in [1.165, 1.54) is 13.2 Å². The Labute approximate surface area is 108 Å². The molecule has 2 unspecified atom stereocenters. The van der Waals surface area contributed by atoms with E-state index in [-0.39, 0.29) is 5.75 Å². The zero-order chi connectivity index (χ0) is 13.2. The lowest BCUT2D eigenvalue weighted by Crippen LogP contribution is -2.32. The number of ether oxygens (including phenoxy) is 1. The molecule has 1 aromatic carbocycles. The van der Waals surface area contributed by atoms with Crippen molar-refractivity contribution >= 4 is 0 Å². The molecule has 0 aromatic heterocycles. The molecule has 0 aliphatic heterocycles. The van der Waals surface area contributed by atoms with Gasteiger partial charge < -0.3 is 9.84 Å². The number of benzene rings is 1. The number of rotatable bonds is 3. The van der Waals surface area contributed by atoms with Crippen LogP contribution in [0.3, 0.4) is 0 Å². The van der Waals surface area contributed by atoms with Crippen LogP contribution in [-0.4, -0.2) is 12.2 Å². The lowest BCUT2D eigenvalue weighted by atomic mass is 9.73. The summed E-state index contributed by atoms with van der Waals surface area (Å²) >= 11 is 0. The summed E-state index contributed by atoms with van der Waals surface area (Å²) in [6, 6.07) is 4.79. The minimum Gasteiger partial charge on any atom is -0.494 e. The monoisotopic (exact) mass is 252 g/mol. The van der Waals surface area contributed by atoms with Gasteiger partial charge in [0.1, 0.15) is 0 Å². The van der Waals surface area contributed by atoms with Gasteiger partial charge in [-0.3, -0.25) is 0 Å². The van der Waals surface area contributed by atoms with Gasteiger partial charge in [-0.15, -0.1) is 0 Å². The molecule has 3 heteroatoms. The van der Waals surface area contributed by atoms with E-state index in [4.69, 9.17) is 4.74 Å². The highest BCUT2D eigenvalue weighted by Gasteiger charge is 2.35. The highest BCUT2D eigenvalue weighted by Crippen LogP contribution is 2.41. The zero-order valence-electron chi connectivity index (χ0n) is 11.1. The van der Waals surface area contributed by atoms with E-state index in [1.54, 1.807) is 12.1 Å². The van der Waals surface area contributed by atoms with Crippen molar-refractivity contribution in [1.82, 2.24) is 0 Å². The molecular formula is C15H21FO2. The Hall–Kier alpha value is -1.09. The van der Waals surface area contributed by atoms with Crippen molar-refractivity contribution in [3.63, 3.8) is 0 Å². The molecule has 0 saturated heterocycles. The van der Waals surface area contributed by atoms with Crippen LogP contribution < -0.4 is 4.74 Å². The molecule has 2 atom stereocenters. The fraction of sp³-hybridized carbons (Fsp3) is 0.600. The summed E-state index contributed by atoms with van der Waals surface area (Å²) in [7, 11) is 1.44. The molecule has 1 aliphatic carbocycles. The van der Waals surface area contributed by atoms with E-state index in [9.17, 15) is 9.50 Å². The molecule has 2 nitrogen and oxygen atoms in total. The molecule has 0 radical (unpaired) electrons. The van der Waals surface area contributed by atoms with Gasteiger partial charge in [0, 0.05) is 0 Å². The third kappa shape index (κ3) is 2.51. The average molecular weight is 252 g/mol. The van der Waals surface area contributed by atoms with Gasteiger partial charge >= 0.3 is 0 Å². The standard InChI is InChI=1S/C15H21FO2/c1-3-11-5-4-8-15(17,10-11)12-6-7-14(18-2)13(16)9-12/h6-7,9,11,17H,3-5,8,10H2,1-2H3. The van der Waals surface area contributed by atoms with Gasteiger partial charge in [-0.1, -0.05) is 25.8 Å². The Morgan fingerprint density at radius 1 is 1.50 bits per heavy atom. The third-order valence-corrected chi connectivity index (χ3v) is 4.10. The van der Waals surface area contributed by atoms with Gasteiger partial charge in [-0.25, -0.2) is 4.39 Å². The first-order valence-electron chi connectivity index (χ1n) is 6.65. The zero-order valence-corrected chi connectivity index (χ0v) is 11.1. The molecule has 0 bridgehead atoms. The first kappa shape index (κ1) is 13.3. The molecule has 1 N–H and O–H groups in total. The molecule has 0 spiro atoms. The summed E-state index contributed by atoms with van der Waals surface area (Å²) in [6.07, 6.45) is 4.69. The predicted octanol–water partition coefficient (Wildman–Crippen LogP) is 3.62. The average Bonchev–Trinajstić information content (AvgIpc) is 2.38. The maximum atomic E-state index is 13.7. The van der Waals surface area contributed by atoms with E-state index < -0.39 is 11.4 Å². The Morgan fingerprint density at radius 2 is 2.28 bits per heavy atom. The van der Waals surface area contributed by atoms with Crippen molar-refractivity contribution in [2.45, 2.75) is 44.6 Å². The molecule has 1 aliphatic rings. The number of hydrogen-bond acceptors (Lipinski definition) is 2. The van der Waals surface area contributed by atoms with Crippen LogP contribution in [0.2, 0.25) is 0 Å². The van der Waals surface area contributed by atoms with Crippen LogP contribution in [0.4, 0.5) is 4.39 Å². The Balaban J connectivity index is 2.26. The summed E-state index contributed by atoms with van der Waals surface area (Å²) in [5.74, 6) is 0.362. The van der Waals surface area contributed by atoms with Crippen LogP contribution in [0.25, 0.3) is 0 Å². The first-order chi connectivity index (χ1) is 8.59. The van der Waals surface area contributed by atoms with Crippen LogP contribution in [0, 0.1) is 11.7 Å². The van der Waals surface area contributed by atoms with Gasteiger partial charge in [0.2, 0.25) is 0 Å². The molecule has 18 heavy (non-hydrogen) atoms. The second-order valence-electron chi connectivity index (χ2n) is 5.25. The minimum absolute atomic E-state index is 0.227. The second-order valence-corrected chi connectivity index (χ2v) is 5.25. The van der Waals surface area contributed by atoms with Crippen LogP contribution in [-0.2, 0) is 5.60 Å². The quantitative estimate of drug-likeness (QED) is 0.890. The molecule has 1 saturated carbocycles. The van der Waals surface area contributed by atoms with Gasteiger partial charge in [0.15, 0.2) is 11.6 Å². The van der Waals surface area contributed by atoms with Crippen LogP contribution >= 0.6 is 0 Å². The highest BCUT2D eigenvalue weighted by atomic mass is 19.1. The largest absolute Gasteiger partial charge is 0.494 e. The lowest BCUT2D eigenvalue weighted by Gasteiger charge is -2.37. The maximum absolute atomic E-state index is 13.7. The minimum atomic E-state index is -0.869. The molecule has 0 heterocycles. The van der Waals surface area contributed by atoms with Gasteiger partial charge in [0.25, 0.3) is 0 Å². The SMILES string of the molecule is CCC1CCCC(O)(c2ccc(OC)c(F)c2)C1. The summed E-state index contributed by atoms with van der Waals surface area (Å²) in [6.45, 7) is 2.14. The fourth-order valence-electron chi connectivity index (χ4n) is 2.93. The summed E-state index contributed by atoms with van der Waals surface area (Å²) in [5, 5.41) is 10.7. The van der Waals surface area contributed by atoms with Crippen molar-refractivity contribution in [2.24, 2.45) is 5.92 Å². The molecule has 2 rings (SSSR count). The van der Waals surface area contributed by atoms with E-state index in [2.05, 4.69) is 6.92 Å². The molecular weight excluding hydrogens is 231 g/mol. The molecule has 1 fully saturated rings. The van der Waals surface area contributed by atoms with E-state index >= 15 is 0 Å². The van der Waals surface area contributed by atoms with Crippen molar-refractivity contribution in [3.8, 4) is 5.75 Å². The summed E-state index contributed by atoms with van der Waals surface area (Å²) in [5.41, 5.74) is -0.189. The first-order valence-corrected chi connectivity index (χ1v) is 6.65. The van der Waals surface area contributed by atoms with Crippen molar-refractivity contribution in [1.29, 1.82) is 0 Å². The van der Waals surface area contributed by atoms with Gasteiger partial charge in [-0.2, -0.15) is 0 Å². The Kier molecular flexibility index (Phi) is 3.91. The maximum Gasteiger partial charge on any atom is 0.165 e. The van der Waals surface area contributed by atoms with Crippen LogP contribution in [0.15, 0.2) is 18.2 Å². The second kappa shape index (κ2) is 5.27. The Bertz CT molecular complexity index is 419. The van der Waals surface area contributed by atoms with Gasteiger partial charge in [-0.05, 0) is 42.9 Å². The van der Waals surface area contributed by atoms with E-state index in [0.29, 0.717) is 11.5 Å². The fourth-order valence-corrected chi connectivity index (χ4v) is 2.93. The lowest BCUT2D eigenvalue weighted by molar-refractivity contribution is -0.0219. The summed E-state index contributed by atoms with van der Waals surface area (Å²) < 4.78 is 18.6. The van der Waals surface area contributed by atoms with Gasteiger partial charge in [0.05, 0.1) is 12.7 Å². The summed E-state index contributed by atoms with van der Waals surface area (Å²) in [4.78, 5) is 0. The topological polar surface area (TPSA) is 29.5 Å². The smallest absolute Gasteiger partial charge is 0.165 e. The molecule has 0 amide bonds. The normalized spacial score (nSPS) is 28.1. The van der Waals surface area contributed by atoms with Crippen molar-refractivity contribution in [2.75, 3.05) is 7.11 Å². The number of halogens is 1. The predicted molar refractivity (Wildman–Crippen MR) is 69.1 cm³/mol. The molecule has 100 valence electrons. The van der Waals surface area contributed by atoms with Crippen LogP contribution in [0.5, 0.6) is 5.75 Å². The number of aliphatic hydroxyl groups is 1. The highest BCUT2D eigenvalue weighted by molar-refractivity contribution is 5.32. The van der Waals surface area contributed by atoms with Crippen molar-refractivity contribution in [3.05, 3.63) is 29.6 Å². The third-order valence-electron chi connectivity index (χ3n) is 4.10. The molecule has 1 aromatic rings. The van der Waals surface area contributed by atoms with E-state index in [1.807, 2.05) is 0 Å². The number of hydrogen-bond donors (Lipinski definition) is 1. The van der Waals surface area contributed by atoms with Crippen molar-refractivity contribution < 1.29 is 14.2 Å². The number of methoxy groups -OCH3 is 1. The van der Waals surface area contributed by atoms with Crippen LogP contribution in [0.1, 0.15) is 44.6 Å².